The minimum Gasteiger partial charge on any atom is -0.456 e. The Kier molecular flexibility index (Phi) is 6.74. The molecule has 0 N–H and O–H groups in total. The third kappa shape index (κ3) is 4.27. The third-order valence-electron chi connectivity index (χ3n) is 13.9. The molecule has 0 unspecified atom stereocenters. The second kappa shape index (κ2) is 12.1. The standard InChI is InChI=1S/C58H39NO/c1-57(2)47-23-10-5-20-42(47)43-32-30-36(34-52(43)57)59(37-31-33-45-44-21-9-14-29-54(44)60-55(45)35-37)53-28-15-27-51-56(53)46-22-8-13-26-50(46)58(51)48-24-11-6-18-40(48)38-16-3-4-17-39(38)41-19-7-12-25-49(41)58/h3-35H,1-2H3. The number of para-hydroxylation sites is 1. The van der Waals surface area contributed by atoms with E-state index >= 15 is 0 Å². The van der Waals surface area contributed by atoms with Crippen LogP contribution in [0.3, 0.4) is 0 Å². The molecule has 10 aromatic rings. The molecule has 0 bridgehead atoms. The summed E-state index contributed by atoms with van der Waals surface area (Å²) in [5.41, 5.74) is 22.4. The fourth-order valence-corrected chi connectivity index (χ4v) is 11.4. The Labute approximate surface area is 349 Å². The predicted octanol–water partition coefficient (Wildman–Crippen LogP) is 15.4. The van der Waals surface area contributed by atoms with E-state index in [1.54, 1.807) is 0 Å². The average molecular weight is 766 g/mol. The van der Waals surface area contributed by atoms with Crippen molar-refractivity contribution in [3.8, 4) is 44.5 Å². The Morgan fingerprint density at radius 3 is 1.53 bits per heavy atom. The molecule has 0 atom stereocenters. The minimum absolute atomic E-state index is 0.158. The van der Waals surface area contributed by atoms with Gasteiger partial charge in [0.15, 0.2) is 0 Å². The molecule has 282 valence electrons. The van der Waals surface area contributed by atoms with E-state index in [1.165, 1.54) is 77.9 Å². The van der Waals surface area contributed by atoms with Crippen molar-refractivity contribution in [2.24, 2.45) is 0 Å². The number of anilines is 3. The van der Waals surface area contributed by atoms with Gasteiger partial charge in [0, 0.05) is 39.2 Å². The van der Waals surface area contributed by atoms with E-state index in [4.69, 9.17) is 4.42 Å². The van der Waals surface area contributed by atoms with Crippen LogP contribution in [-0.4, -0.2) is 0 Å². The zero-order valence-electron chi connectivity index (χ0n) is 33.4. The van der Waals surface area contributed by atoms with Crippen LogP contribution < -0.4 is 4.90 Å². The number of nitrogens with zero attached hydrogens (tertiary/aromatic N) is 1. The van der Waals surface area contributed by atoms with Crippen molar-refractivity contribution in [2.45, 2.75) is 24.7 Å². The summed E-state index contributed by atoms with van der Waals surface area (Å²) in [5, 5.41) is 2.25. The zero-order chi connectivity index (χ0) is 39.7. The van der Waals surface area contributed by atoms with Gasteiger partial charge in [-0.25, -0.2) is 0 Å². The first-order valence-electron chi connectivity index (χ1n) is 21.0. The number of hydrogen-bond donors (Lipinski definition) is 0. The van der Waals surface area contributed by atoms with Crippen molar-refractivity contribution in [1.82, 2.24) is 0 Å². The number of rotatable bonds is 3. The summed E-state index contributed by atoms with van der Waals surface area (Å²) in [6, 6.07) is 74.5. The normalized spacial score (nSPS) is 14.4. The van der Waals surface area contributed by atoms with Gasteiger partial charge in [-0.1, -0.05) is 172 Å². The van der Waals surface area contributed by atoms with Gasteiger partial charge in [0.2, 0.25) is 0 Å². The number of hydrogen-bond acceptors (Lipinski definition) is 2. The SMILES string of the molecule is CC1(C)c2ccccc2-c2ccc(N(c3ccc4c(c3)oc3ccccc34)c3cccc4c3-c3ccccc3C43c4ccccc4-c4ccccc4-c4ccccc43)cc21. The highest BCUT2D eigenvalue weighted by atomic mass is 16.3. The fourth-order valence-electron chi connectivity index (χ4n) is 11.4. The Hall–Kier alpha value is -7.42. The van der Waals surface area contributed by atoms with Gasteiger partial charge in [0.25, 0.3) is 0 Å². The van der Waals surface area contributed by atoms with Gasteiger partial charge in [-0.15, -0.1) is 0 Å². The molecule has 0 radical (unpaired) electrons. The van der Waals surface area contributed by atoms with Gasteiger partial charge in [-0.2, -0.15) is 0 Å². The molecule has 9 aromatic carbocycles. The number of benzene rings is 9. The zero-order valence-corrected chi connectivity index (χ0v) is 33.4. The topological polar surface area (TPSA) is 16.4 Å². The maximum absolute atomic E-state index is 6.60. The van der Waals surface area contributed by atoms with Gasteiger partial charge < -0.3 is 9.32 Å². The van der Waals surface area contributed by atoms with Crippen molar-refractivity contribution in [3.63, 3.8) is 0 Å². The van der Waals surface area contributed by atoms with E-state index < -0.39 is 5.41 Å². The van der Waals surface area contributed by atoms with Gasteiger partial charge in [0.1, 0.15) is 11.2 Å². The summed E-state index contributed by atoms with van der Waals surface area (Å²) in [7, 11) is 0. The second-order valence-electron chi connectivity index (χ2n) is 17.1. The maximum atomic E-state index is 6.60. The van der Waals surface area contributed by atoms with E-state index in [0.717, 1.165) is 39.0 Å². The lowest BCUT2D eigenvalue weighted by Gasteiger charge is -2.36. The first-order valence-corrected chi connectivity index (χ1v) is 21.0. The lowest BCUT2D eigenvalue weighted by molar-refractivity contribution is 0.660. The lowest BCUT2D eigenvalue weighted by Crippen LogP contribution is -2.29. The highest BCUT2D eigenvalue weighted by Crippen LogP contribution is 2.64. The molecule has 1 aromatic heterocycles. The van der Waals surface area contributed by atoms with Crippen molar-refractivity contribution in [1.29, 1.82) is 0 Å². The van der Waals surface area contributed by atoms with Gasteiger partial charge in [0.05, 0.1) is 11.1 Å². The summed E-state index contributed by atoms with van der Waals surface area (Å²) >= 11 is 0. The van der Waals surface area contributed by atoms with Crippen LogP contribution >= 0.6 is 0 Å². The largest absolute Gasteiger partial charge is 0.456 e. The molecule has 13 rings (SSSR count). The van der Waals surface area contributed by atoms with Crippen molar-refractivity contribution in [3.05, 3.63) is 234 Å². The van der Waals surface area contributed by atoms with Crippen LogP contribution in [0.4, 0.5) is 17.1 Å². The van der Waals surface area contributed by atoms with E-state index in [-0.39, 0.29) is 5.41 Å². The van der Waals surface area contributed by atoms with E-state index in [1.807, 2.05) is 6.07 Å². The third-order valence-corrected chi connectivity index (χ3v) is 13.9. The molecule has 0 aliphatic heterocycles. The fraction of sp³-hybridized carbons (Fsp3) is 0.0690. The van der Waals surface area contributed by atoms with Gasteiger partial charge >= 0.3 is 0 Å². The molecule has 1 heterocycles. The molecule has 0 amide bonds. The molecule has 0 fully saturated rings. The van der Waals surface area contributed by atoms with Crippen LogP contribution in [-0.2, 0) is 10.8 Å². The van der Waals surface area contributed by atoms with Crippen LogP contribution in [0.2, 0.25) is 0 Å². The molecule has 3 aliphatic carbocycles. The van der Waals surface area contributed by atoms with Crippen molar-refractivity contribution < 1.29 is 4.42 Å². The monoisotopic (exact) mass is 765 g/mol. The molecule has 3 aliphatic rings. The van der Waals surface area contributed by atoms with Gasteiger partial charge in [-0.3, -0.25) is 0 Å². The molecular weight excluding hydrogens is 727 g/mol. The predicted molar refractivity (Wildman–Crippen MR) is 248 cm³/mol. The first-order chi connectivity index (χ1) is 29.5. The van der Waals surface area contributed by atoms with Crippen LogP contribution in [0, 0.1) is 0 Å². The summed E-state index contributed by atoms with van der Waals surface area (Å²) in [6.45, 7) is 4.73. The Bertz CT molecular complexity index is 3370. The van der Waals surface area contributed by atoms with Gasteiger partial charge in [-0.05, 0) is 109 Å². The molecule has 60 heavy (non-hydrogen) atoms. The minimum atomic E-state index is -0.579. The first kappa shape index (κ1) is 33.5. The molecule has 2 heteroatoms. The van der Waals surface area contributed by atoms with Crippen LogP contribution in [0.15, 0.2) is 205 Å². The summed E-state index contributed by atoms with van der Waals surface area (Å²) in [6.07, 6.45) is 0. The number of fused-ring (bicyclic) bond motifs is 18. The second-order valence-corrected chi connectivity index (χ2v) is 17.1. The molecule has 0 saturated heterocycles. The highest BCUT2D eigenvalue weighted by molar-refractivity contribution is 6.07. The van der Waals surface area contributed by atoms with Crippen LogP contribution in [0.5, 0.6) is 0 Å². The van der Waals surface area contributed by atoms with Crippen molar-refractivity contribution >= 4 is 39.0 Å². The summed E-state index contributed by atoms with van der Waals surface area (Å²) in [5.74, 6) is 0. The lowest BCUT2D eigenvalue weighted by atomic mass is 9.66. The van der Waals surface area contributed by atoms with Crippen LogP contribution in [0.1, 0.15) is 47.2 Å². The highest BCUT2D eigenvalue weighted by Gasteiger charge is 2.50. The molecule has 2 nitrogen and oxygen atoms in total. The molecule has 1 spiro atoms. The maximum Gasteiger partial charge on any atom is 0.137 e. The quantitative estimate of drug-likeness (QED) is 0.178. The smallest absolute Gasteiger partial charge is 0.137 e. The van der Waals surface area contributed by atoms with E-state index in [0.29, 0.717) is 0 Å². The molecular formula is C58H39NO. The number of furan rings is 1. The Morgan fingerprint density at radius 1 is 0.350 bits per heavy atom. The molecule has 0 saturated carbocycles. The van der Waals surface area contributed by atoms with Crippen LogP contribution in [0.25, 0.3) is 66.4 Å². The summed E-state index contributed by atoms with van der Waals surface area (Å²) < 4.78 is 6.60. The Morgan fingerprint density at radius 2 is 0.833 bits per heavy atom. The summed E-state index contributed by atoms with van der Waals surface area (Å²) in [4.78, 5) is 2.49. The average Bonchev–Trinajstić information content (AvgIpc) is 3.87. The Balaban J connectivity index is 1.13. The van der Waals surface area contributed by atoms with E-state index in [2.05, 4.69) is 213 Å². The van der Waals surface area contributed by atoms with E-state index in [9.17, 15) is 0 Å². The van der Waals surface area contributed by atoms with Crippen molar-refractivity contribution in [2.75, 3.05) is 4.90 Å².